The van der Waals surface area contributed by atoms with E-state index >= 15 is 0 Å². The van der Waals surface area contributed by atoms with E-state index in [2.05, 4.69) is 0 Å². The number of carbonyl (C=O) groups excluding carboxylic acids is 1. The van der Waals surface area contributed by atoms with Crippen LogP contribution in [0, 0.1) is 0 Å². The molecule has 2 atom stereocenters. The first-order chi connectivity index (χ1) is 9.18. The fourth-order valence-corrected chi connectivity index (χ4v) is 1.88. The largest absolute Gasteiger partial charge is 0.452 e. The molecule has 98 valence electrons. The fraction of sp³-hybridized carbons (Fsp3) is 0.188. The molecular formula is C16H17NO2. The van der Waals surface area contributed by atoms with E-state index in [1.54, 1.807) is 24.3 Å². The van der Waals surface area contributed by atoms with Gasteiger partial charge < -0.3 is 10.5 Å². The summed E-state index contributed by atoms with van der Waals surface area (Å²) in [4.78, 5) is 12.1. The Labute approximate surface area is 113 Å². The molecule has 19 heavy (non-hydrogen) atoms. The molecule has 0 heterocycles. The lowest BCUT2D eigenvalue weighted by molar-refractivity contribution is 0.0246. The van der Waals surface area contributed by atoms with Crippen molar-refractivity contribution in [3.63, 3.8) is 0 Å². The number of nitrogens with two attached hydrogens (primary N) is 1. The van der Waals surface area contributed by atoms with Gasteiger partial charge in [-0.3, -0.25) is 0 Å². The number of carbonyl (C=O) groups is 1. The molecule has 0 spiro atoms. The topological polar surface area (TPSA) is 52.3 Å². The van der Waals surface area contributed by atoms with Gasteiger partial charge in [-0.15, -0.1) is 0 Å². The van der Waals surface area contributed by atoms with Crippen LogP contribution in [0.25, 0.3) is 0 Å². The molecule has 0 unspecified atom stereocenters. The van der Waals surface area contributed by atoms with Crippen molar-refractivity contribution < 1.29 is 9.53 Å². The van der Waals surface area contributed by atoms with E-state index in [0.29, 0.717) is 5.56 Å². The summed E-state index contributed by atoms with van der Waals surface area (Å²) in [6, 6.07) is 18.2. The predicted octanol–water partition coefficient (Wildman–Crippen LogP) is 2.93. The number of esters is 1. The molecule has 0 saturated carbocycles. The Kier molecular flexibility index (Phi) is 4.31. The van der Waals surface area contributed by atoms with E-state index in [9.17, 15) is 4.79 Å². The summed E-state index contributed by atoms with van der Waals surface area (Å²) in [6.07, 6.45) is -0.436. The van der Waals surface area contributed by atoms with Gasteiger partial charge in [-0.1, -0.05) is 48.5 Å². The maximum Gasteiger partial charge on any atom is 0.338 e. The second kappa shape index (κ2) is 6.16. The van der Waals surface area contributed by atoms with E-state index < -0.39 is 6.10 Å². The fourth-order valence-electron chi connectivity index (χ4n) is 1.88. The summed E-state index contributed by atoms with van der Waals surface area (Å²) in [6.45, 7) is 1.83. The Morgan fingerprint density at radius 3 is 2.05 bits per heavy atom. The number of hydrogen-bond donors (Lipinski definition) is 1. The van der Waals surface area contributed by atoms with E-state index in [1.807, 2.05) is 43.3 Å². The van der Waals surface area contributed by atoms with Crippen molar-refractivity contribution in [1.82, 2.24) is 0 Å². The van der Waals surface area contributed by atoms with Crippen LogP contribution < -0.4 is 5.73 Å². The summed E-state index contributed by atoms with van der Waals surface area (Å²) in [7, 11) is 0. The van der Waals surface area contributed by atoms with Crippen LogP contribution >= 0.6 is 0 Å². The standard InChI is InChI=1S/C16H17NO2/c1-12(17)15(13-8-4-2-5-9-13)19-16(18)14-10-6-3-7-11-14/h2-12,15H,17H2,1H3/t12-,15-/m0/s1. The molecule has 0 bridgehead atoms. The summed E-state index contributed by atoms with van der Waals surface area (Å²) < 4.78 is 5.52. The van der Waals surface area contributed by atoms with Crippen LogP contribution in [0.4, 0.5) is 0 Å². The molecule has 2 aromatic rings. The van der Waals surface area contributed by atoms with Crippen LogP contribution in [-0.2, 0) is 4.74 Å². The van der Waals surface area contributed by atoms with Gasteiger partial charge in [0.15, 0.2) is 0 Å². The average Bonchev–Trinajstić information content (AvgIpc) is 2.46. The van der Waals surface area contributed by atoms with Crippen LogP contribution in [0.1, 0.15) is 28.9 Å². The SMILES string of the molecule is C[C@H](N)[C@H](OC(=O)c1ccccc1)c1ccccc1. The van der Waals surface area contributed by atoms with Crippen LogP contribution in [0.5, 0.6) is 0 Å². The summed E-state index contributed by atoms with van der Waals surface area (Å²) >= 11 is 0. The van der Waals surface area contributed by atoms with Gasteiger partial charge in [-0.2, -0.15) is 0 Å². The summed E-state index contributed by atoms with van der Waals surface area (Å²) in [5.41, 5.74) is 7.35. The van der Waals surface area contributed by atoms with Gasteiger partial charge in [0, 0.05) is 6.04 Å². The molecule has 0 aliphatic heterocycles. The van der Waals surface area contributed by atoms with Gasteiger partial charge in [0.05, 0.1) is 5.56 Å². The first-order valence-corrected chi connectivity index (χ1v) is 6.25. The second-order valence-electron chi connectivity index (χ2n) is 4.46. The molecule has 3 heteroatoms. The van der Waals surface area contributed by atoms with Gasteiger partial charge in [-0.25, -0.2) is 4.79 Å². The summed E-state index contributed by atoms with van der Waals surface area (Å²) in [5.74, 6) is -0.355. The zero-order chi connectivity index (χ0) is 13.7. The van der Waals surface area contributed by atoms with E-state index in [1.165, 1.54) is 0 Å². The van der Waals surface area contributed by atoms with Gasteiger partial charge in [0.25, 0.3) is 0 Å². The van der Waals surface area contributed by atoms with Gasteiger partial charge in [0.1, 0.15) is 6.10 Å². The molecule has 2 aromatic carbocycles. The number of benzene rings is 2. The Balaban J connectivity index is 2.17. The Morgan fingerprint density at radius 1 is 1.00 bits per heavy atom. The molecule has 0 amide bonds. The van der Waals surface area contributed by atoms with Crippen molar-refractivity contribution in [2.24, 2.45) is 5.73 Å². The van der Waals surface area contributed by atoms with E-state index in [0.717, 1.165) is 5.56 Å². The quantitative estimate of drug-likeness (QED) is 0.855. The molecule has 0 aliphatic rings. The lowest BCUT2D eigenvalue weighted by Gasteiger charge is -2.21. The van der Waals surface area contributed by atoms with Crippen molar-refractivity contribution >= 4 is 5.97 Å². The smallest absolute Gasteiger partial charge is 0.338 e. The highest BCUT2D eigenvalue weighted by atomic mass is 16.5. The maximum atomic E-state index is 12.1. The third-order valence-corrected chi connectivity index (χ3v) is 2.85. The molecule has 0 fully saturated rings. The van der Waals surface area contributed by atoms with E-state index in [4.69, 9.17) is 10.5 Å². The third kappa shape index (κ3) is 3.42. The zero-order valence-electron chi connectivity index (χ0n) is 10.8. The normalized spacial score (nSPS) is 13.6. The first-order valence-electron chi connectivity index (χ1n) is 6.25. The Hall–Kier alpha value is -2.13. The van der Waals surface area contributed by atoms with Crippen molar-refractivity contribution in [3.05, 3.63) is 71.8 Å². The lowest BCUT2D eigenvalue weighted by atomic mass is 10.0. The van der Waals surface area contributed by atoms with Gasteiger partial charge >= 0.3 is 5.97 Å². The molecule has 2 N–H and O–H groups in total. The minimum Gasteiger partial charge on any atom is -0.452 e. The van der Waals surface area contributed by atoms with Crippen molar-refractivity contribution in [2.45, 2.75) is 19.1 Å². The first kappa shape index (κ1) is 13.3. The molecule has 0 saturated heterocycles. The third-order valence-electron chi connectivity index (χ3n) is 2.85. The average molecular weight is 255 g/mol. The van der Waals surface area contributed by atoms with Crippen molar-refractivity contribution in [2.75, 3.05) is 0 Å². The minimum absolute atomic E-state index is 0.268. The highest BCUT2D eigenvalue weighted by Crippen LogP contribution is 2.21. The molecule has 0 aliphatic carbocycles. The van der Waals surface area contributed by atoms with Crippen molar-refractivity contribution in [3.8, 4) is 0 Å². The van der Waals surface area contributed by atoms with Crippen LogP contribution in [0.2, 0.25) is 0 Å². The molecule has 0 radical (unpaired) electrons. The Bertz CT molecular complexity index is 523. The van der Waals surface area contributed by atoms with Crippen molar-refractivity contribution in [1.29, 1.82) is 0 Å². The minimum atomic E-state index is -0.436. The predicted molar refractivity (Wildman–Crippen MR) is 74.7 cm³/mol. The molecule has 3 nitrogen and oxygen atoms in total. The van der Waals surface area contributed by atoms with Crippen LogP contribution in [0.3, 0.4) is 0 Å². The number of rotatable bonds is 4. The van der Waals surface area contributed by atoms with E-state index in [-0.39, 0.29) is 12.0 Å². The van der Waals surface area contributed by atoms with Crippen LogP contribution in [-0.4, -0.2) is 12.0 Å². The maximum absolute atomic E-state index is 12.1. The Morgan fingerprint density at radius 2 is 1.53 bits per heavy atom. The zero-order valence-corrected chi connectivity index (χ0v) is 10.8. The number of ether oxygens (including phenoxy) is 1. The summed E-state index contributed by atoms with van der Waals surface area (Å²) in [5, 5.41) is 0. The molecular weight excluding hydrogens is 238 g/mol. The number of hydrogen-bond acceptors (Lipinski definition) is 3. The molecule has 2 rings (SSSR count). The molecule has 0 aromatic heterocycles. The van der Waals surface area contributed by atoms with Crippen LogP contribution in [0.15, 0.2) is 60.7 Å². The lowest BCUT2D eigenvalue weighted by Crippen LogP contribution is -2.28. The second-order valence-corrected chi connectivity index (χ2v) is 4.46. The highest BCUT2D eigenvalue weighted by molar-refractivity contribution is 5.89. The van der Waals surface area contributed by atoms with Gasteiger partial charge in [-0.05, 0) is 24.6 Å². The monoisotopic (exact) mass is 255 g/mol. The highest BCUT2D eigenvalue weighted by Gasteiger charge is 2.21. The van der Waals surface area contributed by atoms with Gasteiger partial charge in [0.2, 0.25) is 0 Å².